The number of ketones is 1. The Hall–Kier alpha value is -0.370. The Morgan fingerprint density at radius 1 is 1.13 bits per heavy atom. The number of rotatable bonds is 10. The van der Waals surface area contributed by atoms with E-state index < -0.39 is 0 Å². The van der Waals surface area contributed by atoms with Crippen LogP contribution >= 0.6 is 0 Å². The Bertz CT molecular complexity index is 157. The van der Waals surface area contributed by atoms with Gasteiger partial charge < -0.3 is 5.73 Å². The standard InChI is InChI=1S/C13H27NO/c1-3-4-5-6-7-8-9-13(15)10-12(2)11-14/h12H,3-11,14H2,1-2H3. The van der Waals surface area contributed by atoms with Crippen LogP contribution in [0, 0.1) is 5.92 Å². The molecule has 0 aliphatic rings. The van der Waals surface area contributed by atoms with Gasteiger partial charge in [-0.05, 0) is 18.9 Å². The normalized spacial score (nSPS) is 12.7. The Labute approximate surface area is 94.6 Å². The average molecular weight is 213 g/mol. The van der Waals surface area contributed by atoms with Gasteiger partial charge in [-0.2, -0.15) is 0 Å². The summed E-state index contributed by atoms with van der Waals surface area (Å²) in [5.41, 5.74) is 5.48. The zero-order valence-electron chi connectivity index (χ0n) is 10.4. The minimum atomic E-state index is 0.359. The van der Waals surface area contributed by atoms with Crippen molar-refractivity contribution in [2.24, 2.45) is 11.7 Å². The van der Waals surface area contributed by atoms with Crippen LogP contribution in [-0.4, -0.2) is 12.3 Å². The summed E-state index contributed by atoms with van der Waals surface area (Å²) in [7, 11) is 0. The van der Waals surface area contributed by atoms with Crippen LogP contribution in [-0.2, 0) is 4.79 Å². The van der Waals surface area contributed by atoms with Crippen LogP contribution in [0.1, 0.15) is 65.2 Å². The zero-order chi connectivity index (χ0) is 11.5. The first-order valence-corrected chi connectivity index (χ1v) is 6.42. The quantitative estimate of drug-likeness (QED) is 0.566. The van der Waals surface area contributed by atoms with E-state index in [2.05, 4.69) is 6.92 Å². The molecular weight excluding hydrogens is 186 g/mol. The SMILES string of the molecule is CCCCCCCCC(=O)CC(C)CN. The first-order chi connectivity index (χ1) is 7.20. The molecule has 0 aromatic rings. The van der Waals surface area contributed by atoms with Crippen molar-refractivity contribution in [3.8, 4) is 0 Å². The summed E-state index contributed by atoms with van der Waals surface area (Å²) in [5.74, 6) is 0.751. The fourth-order valence-corrected chi connectivity index (χ4v) is 1.68. The van der Waals surface area contributed by atoms with Crippen molar-refractivity contribution < 1.29 is 4.79 Å². The third-order valence-corrected chi connectivity index (χ3v) is 2.79. The van der Waals surface area contributed by atoms with Gasteiger partial charge in [0.05, 0.1) is 0 Å². The van der Waals surface area contributed by atoms with Crippen molar-refractivity contribution in [2.45, 2.75) is 65.2 Å². The highest BCUT2D eigenvalue weighted by Gasteiger charge is 2.06. The van der Waals surface area contributed by atoms with Gasteiger partial charge in [0.2, 0.25) is 0 Å². The van der Waals surface area contributed by atoms with Gasteiger partial charge in [-0.3, -0.25) is 4.79 Å². The van der Waals surface area contributed by atoms with Crippen molar-refractivity contribution in [2.75, 3.05) is 6.54 Å². The molecule has 0 radical (unpaired) electrons. The summed E-state index contributed by atoms with van der Waals surface area (Å²) in [6, 6.07) is 0. The van der Waals surface area contributed by atoms with Gasteiger partial charge in [0.25, 0.3) is 0 Å². The lowest BCUT2D eigenvalue weighted by Crippen LogP contribution is -2.14. The van der Waals surface area contributed by atoms with Gasteiger partial charge in [0.15, 0.2) is 0 Å². The Kier molecular flexibility index (Phi) is 9.91. The predicted molar refractivity (Wildman–Crippen MR) is 65.8 cm³/mol. The molecular formula is C13H27NO. The lowest BCUT2D eigenvalue weighted by Gasteiger charge is -2.06. The van der Waals surface area contributed by atoms with Crippen molar-refractivity contribution in [1.29, 1.82) is 0 Å². The van der Waals surface area contributed by atoms with Crippen LogP contribution in [0.2, 0.25) is 0 Å². The summed E-state index contributed by atoms with van der Waals surface area (Å²) in [6.07, 6.45) is 8.94. The van der Waals surface area contributed by atoms with E-state index in [1.807, 2.05) is 6.92 Å². The van der Waals surface area contributed by atoms with E-state index in [9.17, 15) is 4.79 Å². The maximum absolute atomic E-state index is 11.4. The van der Waals surface area contributed by atoms with Crippen LogP contribution in [0.5, 0.6) is 0 Å². The Morgan fingerprint density at radius 3 is 2.33 bits per heavy atom. The van der Waals surface area contributed by atoms with Crippen molar-refractivity contribution in [3.63, 3.8) is 0 Å². The summed E-state index contributed by atoms with van der Waals surface area (Å²) < 4.78 is 0. The second kappa shape index (κ2) is 10.2. The number of Topliss-reactive ketones (excluding diaryl/α,β-unsaturated/α-hetero) is 1. The molecule has 0 rings (SSSR count). The van der Waals surface area contributed by atoms with E-state index in [0.717, 1.165) is 12.8 Å². The molecule has 0 bridgehead atoms. The van der Waals surface area contributed by atoms with Crippen molar-refractivity contribution >= 4 is 5.78 Å². The molecule has 0 aromatic carbocycles. The number of carbonyl (C=O) groups is 1. The molecule has 0 saturated heterocycles. The second-order valence-electron chi connectivity index (χ2n) is 4.60. The third kappa shape index (κ3) is 9.92. The maximum Gasteiger partial charge on any atom is 0.133 e. The maximum atomic E-state index is 11.4. The average Bonchev–Trinajstić information content (AvgIpc) is 2.23. The predicted octanol–water partition coefficient (Wildman–Crippen LogP) is 3.29. The molecule has 1 atom stereocenters. The van der Waals surface area contributed by atoms with Crippen LogP contribution < -0.4 is 5.73 Å². The molecule has 0 spiro atoms. The van der Waals surface area contributed by atoms with E-state index in [4.69, 9.17) is 5.73 Å². The molecule has 0 fully saturated rings. The topological polar surface area (TPSA) is 43.1 Å². The molecule has 2 N–H and O–H groups in total. The lowest BCUT2D eigenvalue weighted by molar-refractivity contribution is -0.119. The number of nitrogens with two attached hydrogens (primary N) is 1. The van der Waals surface area contributed by atoms with Gasteiger partial charge in [0.1, 0.15) is 5.78 Å². The largest absolute Gasteiger partial charge is 0.330 e. The molecule has 2 heteroatoms. The molecule has 0 aliphatic heterocycles. The number of hydrogen-bond donors (Lipinski definition) is 1. The highest BCUT2D eigenvalue weighted by atomic mass is 16.1. The minimum Gasteiger partial charge on any atom is -0.330 e. The summed E-state index contributed by atoms with van der Waals surface area (Å²) in [6.45, 7) is 4.89. The molecule has 90 valence electrons. The summed E-state index contributed by atoms with van der Waals surface area (Å²) in [5, 5.41) is 0. The van der Waals surface area contributed by atoms with Crippen molar-refractivity contribution in [3.05, 3.63) is 0 Å². The number of carbonyl (C=O) groups excluding carboxylic acids is 1. The summed E-state index contributed by atoms with van der Waals surface area (Å²) in [4.78, 5) is 11.4. The van der Waals surface area contributed by atoms with Gasteiger partial charge in [-0.25, -0.2) is 0 Å². The fraction of sp³-hybridized carbons (Fsp3) is 0.923. The van der Waals surface area contributed by atoms with E-state index in [1.165, 1.54) is 32.1 Å². The molecule has 15 heavy (non-hydrogen) atoms. The fourth-order valence-electron chi connectivity index (χ4n) is 1.68. The van der Waals surface area contributed by atoms with E-state index in [1.54, 1.807) is 0 Å². The summed E-state index contributed by atoms with van der Waals surface area (Å²) >= 11 is 0. The monoisotopic (exact) mass is 213 g/mol. The van der Waals surface area contributed by atoms with Gasteiger partial charge in [-0.15, -0.1) is 0 Å². The first-order valence-electron chi connectivity index (χ1n) is 6.42. The molecule has 1 unspecified atom stereocenters. The smallest absolute Gasteiger partial charge is 0.133 e. The Morgan fingerprint density at radius 2 is 1.73 bits per heavy atom. The van der Waals surface area contributed by atoms with Crippen LogP contribution in [0.3, 0.4) is 0 Å². The third-order valence-electron chi connectivity index (χ3n) is 2.79. The minimum absolute atomic E-state index is 0.359. The number of unbranched alkanes of at least 4 members (excludes halogenated alkanes) is 5. The highest BCUT2D eigenvalue weighted by molar-refractivity contribution is 5.78. The molecule has 2 nitrogen and oxygen atoms in total. The number of hydrogen-bond acceptors (Lipinski definition) is 2. The molecule has 0 saturated carbocycles. The van der Waals surface area contributed by atoms with E-state index >= 15 is 0 Å². The van der Waals surface area contributed by atoms with Gasteiger partial charge in [-0.1, -0.05) is 46.0 Å². The zero-order valence-corrected chi connectivity index (χ0v) is 10.4. The molecule has 0 aliphatic carbocycles. The van der Waals surface area contributed by atoms with Crippen LogP contribution in [0.15, 0.2) is 0 Å². The van der Waals surface area contributed by atoms with E-state index in [0.29, 0.717) is 24.7 Å². The highest BCUT2D eigenvalue weighted by Crippen LogP contribution is 2.09. The first kappa shape index (κ1) is 14.6. The lowest BCUT2D eigenvalue weighted by atomic mass is 10.0. The molecule has 0 heterocycles. The molecule has 0 amide bonds. The van der Waals surface area contributed by atoms with Crippen molar-refractivity contribution in [1.82, 2.24) is 0 Å². The van der Waals surface area contributed by atoms with E-state index in [-0.39, 0.29) is 0 Å². The van der Waals surface area contributed by atoms with Crippen LogP contribution in [0.4, 0.5) is 0 Å². The second-order valence-corrected chi connectivity index (χ2v) is 4.60. The Balaban J connectivity index is 3.24. The van der Waals surface area contributed by atoms with Gasteiger partial charge >= 0.3 is 0 Å². The van der Waals surface area contributed by atoms with Gasteiger partial charge in [0, 0.05) is 12.8 Å². The molecule has 0 aromatic heterocycles. The van der Waals surface area contributed by atoms with Crippen LogP contribution in [0.25, 0.3) is 0 Å².